The van der Waals surface area contributed by atoms with Crippen LogP contribution in [0.4, 0.5) is 13.2 Å². The Morgan fingerprint density at radius 1 is 0.808 bits per heavy atom. The van der Waals surface area contributed by atoms with Crippen LogP contribution in [0.15, 0.2) is 0 Å². The predicted molar refractivity (Wildman–Crippen MR) is 98.8 cm³/mol. The Bertz CT molecular complexity index is 412. The smallest absolute Gasteiger partial charge is 0.285 e. The highest BCUT2D eigenvalue weighted by molar-refractivity contribution is 4.95. The van der Waals surface area contributed by atoms with E-state index >= 15 is 0 Å². The molecule has 0 aliphatic heterocycles. The van der Waals surface area contributed by atoms with Gasteiger partial charge >= 0.3 is 6.36 Å². The van der Waals surface area contributed by atoms with E-state index in [2.05, 4.69) is 6.92 Å². The molecule has 0 radical (unpaired) electrons. The molecule has 3 rings (SSSR count). The first kappa shape index (κ1) is 20.5. The second-order valence-corrected chi connectivity index (χ2v) is 9.35. The first-order valence-electron chi connectivity index (χ1n) is 11.2. The summed E-state index contributed by atoms with van der Waals surface area (Å²) in [5.41, 5.74) is -0.916. The van der Waals surface area contributed by atoms with Gasteiger partial charge in [-0.3, -0.25) is 4.74 Å². The van der Waals surface area contributed by atoms with Gasteiger partial charge in [0.1, 0.15) is 0 Å². The van der Waals surface area contributed by atoms with Crippen LogP contribution in [0.25, 0.3) is 0 Å². The molecule has 3 aliphatic carbocycles. The zero-order chi connectivity index (χ0) is 18.6. The summed E-state index contributed by atoms with van der Waals surface area (Å²) in [7, 11) is 0. The quantitative estimate of drug-likeness (QED) is 0.480. The molecule has 26 heavy (non-hydrogen) atoms. The fraction of sp³-hybridized carbons (Fsp3) is 1.00. The van der Waals surface area contributed by atoms with Gasteiger partial charge in [-0.05, 0) is 75.0 Å². The van der Waals surface area contributed by atoms with Crippen molar-refractivity contribution in [3.63, 3.8) is 0 Å². The molecule has 3 fully saturated rings. The SMILES string of the molecule is CCCC1CCC(C2CCC(C3(OC(F)(F)F)CCCCC3)CC2)CC1. The minimum Gasteiger partial charge on any atom is -0.285 e. The van der Waals surface area contributed by atoms with Crippen molar-refractivity contribution in [3.8, 4) is 0 Å². The standard InChI is InChI=1S/C22H37F3O/c1-2-6-17-7-9-18(10-8-17)19-11-13-20(14-12-19)21(26-22(23,24)25)15-4-3-5-16-21/h17-20H,2-16H2,1H3. The van der Waals surface area contributed by atoms with Gasteiger partial charge < -0.3 is 0 Å². The van der Waals surface area contributed by atoms with E-state index in [0.717, 1.165) is 62.7 Å². The number of halogens is 3. The van der Waals surface area contributed by atoms with Gasteiger partial charge in [0.15, 0.2) is 0 Å². The zero-order valence-corrected chi connectivity index (χ0v) is 16.5. The molecular weight excluding hydrogens is 337 g/mol. The molecule has 0 amide bonds. The summed E-state index contributed by atoms with van der Waals surface area (Å²) in [6.45, 7) is 2.28. The summed E-state index contributed by atoms with van der Waals surface area (Å²) >= 11 is 0. The Balaban J connectivity index is 1.53. The lowest BCUT2D eigenvalue weighted by Gasteiger charge is -2.47. The van der Waals surface area contributed by atoms with E-state index in [0.29, 0.717) is 12.8 Å². The van der Waals surface area contributed by atoms with Crippen LogP contribution >= 0.6 is 0 Å². The highest BCUT2D eigenvalue weighted by Gasteiger charge is 2.49. The molecule has 0 heterocycles. The zero-order valence-electron chi connectivity index (χ0n) is 16.5. The van der Waals surface area contributed by atoms with Gasteiger partial charge in [0.2, 0.25) is 0 Å². The average Bonchev–Trinajstić information content (AvgIpc) is 2.62. The Kier molecular flexibility index (Phi) is 6.96. The molecule has 0 N–H and O–H groups in total. The Morgan fingerprint density at radius 2 is 1.35 bits per heavy atom. The van der Waals surface area contributed by atoms with E-state index in [1.807, 2.05) is 0 Å². The topological polar surface area (TPSA) is 9.23 Å². The number of hydrogen-bond acceptors (Lipinski definition) is 1. The van der Waals surface area contributed by atoms with Crippen LogP contribution in [0, 0.1) is 23.7 Å². The van der Waals surface area contributed by atoms with Crippen LogP contribution in [0.3, 0.4) is 0 Å². The molecule has 4 heteroatoms. The van der Waals surface area contributed by atoms with E-state index in [-0.39, 0.29) is 5.92 Å². The third-order valence-electron chi connectivity index (χ3n) is 7.79. The van der Waals surface area contributed by atoms with Crippen molar-refractivity contribution in [2.75, 3.05) is 0 Å². The molecule has 0 bridgehead atoms. The first-order valence-corrected chi connectivity index (χ1v) is 11.2. The van der Waals surface area contributed by atoms with E-state index < -0.39 is 12.0 Å². The third kappa shape index (κ3) is 5.17. The van der Waals surface area contributed by atoms with Crippen molar-refractivity contribution < 1.29 is 17.9 Å². The minimum absolute atomic E-state index is 0.108. The molecule has 0 aromatic carbocycles. The van der Waals surface area contributed by atoms with Crippen LogP contribution in [0.1, 0.15) is 103 Å². The molecule has 0 spiro atoms. The summed E-state index contributed by atoms with van der Waals surface area (Å²) in [5, 5.41) is 0. The number of alkyl halides is 3. The highest BCUT2D eigenvalue weighted by atomic mass is 19.4. The monoisotopic (exact) mass is 374 g/mol. The van der Waals surface area contributed by atoms with E-state index in [1.165, 1.54) is 38.5 Å². The summed E-state index contributed by atoms with van der Waals surface area (Å²) in [4.78, 5) is 0. The number of ether oxygens (including phenoxy) is 1. The minimum atomic E-state index is -4.49. The fourth-order valence-electron chi connectivity index (χ4n) is 6.45. The largest absolute Gasteiger partial charge is 0.523 e. The summed E-state index contributed by atoms with van der Waals surface area (Å²) in [6, 6.07) is 0. The van der Waals surface area contributed by atoms with E-state index in [9.17, 15) is 13.2 Å². The van der Waals surface area contributed by atoms with Crippen LogP contribution in [-0.4, -0.2) is 12.0 Å². The average molecular weight is 375 g/mol. The van der Waals surface area contributed by atoms with Crippen LogP contribution in [-0.2, 0) is 4.74 Å². The van der Waals surface area contributed by atoms with Crippen molar-refractivity contribution >= 4 is 0 Å². The fourth-order valence-corrected chi connectivity index (χ4v) is 6.45. The van der Waals surface area contributed by atoms with Crippen molar-refractivity contribution in [2.45, 2.75) is 115 Å². The van der Waals surface area contributed by atoms with Gasteiger partial charge in [-0.2, -0.15) is 0 Å². The maximum absolute atomic E-state index is 13.1. The van der Waals surface area contributed by atoms with Crippen LogP contribution < -0.4 is 0 Å². The Labute approximate surface area is 157 Å². The normalized spacial score (nSPS) is 36.0. The van der Waals surface area contributed by atoms with Gasteiger partial charge in [-0.25, -0.2) is 0 Å². The van der Waals surface area contributed by atoms with Crippen LogP contribution in [0.5, 0.6) is 0 Å². The maximum Gasteiger partial charge on any atom is 0.523 e. The molecule has 3 aliphatic rings. The maximum atomic E-state index is 13.1. The van der Waals surface area contributed by atoms with Crippen LogP contribution in [0.2, 0.25) is 0 Å². The second-order valence-electron chi connectivity index (χ2n) is 9.35. The molecule has 152 valence electrons. The molecule has 0 unspecified atom stereocenters. The first-order chi connectivity index (χ1) is 12.4. The molecule has 0 aromatic heterocycles. The molecule has 3 saturated carbocycles. The predicted octanol–water partition coefficient (Wildman–Crippen LogP) is 7.64. The Morgan fingerprint density at radius 3 is 1.85 bits per heavy atom. The van der Waals surface area contributed by atoms with Crippen molar-refractivity contribution in [3.05, 3.63) is 0 Å². The number of rotatable bonds is 5. The van der Waals surface area contributed by atoms with Gasteiger partial charge in [-0.1, -0.05) is 51.9 Å². The van der Waals surface area contributed by atoms with Gasteiger partial charge in [0.05, 0.1) is 5.60 Å². The van der Waals surface area contributed by atoms with Crippen molar-refractivity contribution in [1.82, 2.24) is 0 Å². The summed E-state index contributed by atoms with van der Waals surface area (Å²) < 4.78 is 44.1. The molecular formula is C22H37F3O. The Hall–Kier alpha value is -0.250. The lowest BCUT2D eigenvalue weighted by molar-refractivity contribution is -0.381. The third-order valence-corrected chi connectivity index (χ3v) is 7.79. The lowest BCUT2D eigenvalue weighted by atomic mass is 9.64. The van der Waals surface area contributed by atoms with Gasteiger partial charge in [-0.15, -0.1) is 13.2 Å². The molecule has 0 saturated heterocycles. The number of hydrogen-bond donors (Lipinski definition) is 0. The van der Waals surface area contributed by atoms with Crippen molar-refractivity contribution in [1.29, 1.82) is 0 Å². The summed E-state index contributed by atoms with van der Waals surface area (Å²) in [6.07, 6.45) is 11.8. The van der Waals surface area contributed by atoms with Gasteiger partial charge in [0.25, 0.3) is 0 Å². The molecule has 0 atom stereocenters. The van der Waals surface area contributed by atoms with E-state index in [1.54, 1.807) is 0 Å². The highest BCUT2D eigenvalue weighted by Crippen LogP contribution is 2.50. The summed E-state index contributed by atoms with van der Waals surface area (Å²) in [5.74, 6) is 2.62. The van der Waals surface area contributed by atoms with E-state index in [4.69, 9.17) is 4.74 Å². The second kappa shape index (κ2) is 8.84. The van der Waals surface area contributed by atoms with Crippen molar-refractivity contribution in [2.24, 2.45) is 23.7 Å². The molecule has 1 nitrogen and oxygen atoms in total. The molecule has 0 aromatic rings. The van der Waals surface area contributed by atoms with Gasteiger partial charge in [0, 0.05) is 0 Å². The lowest BCUT2D eigenvalue weighted by Crippen LogP contribution is -2.48.